The SMILES string of the molecule is O=C(NCC1CCC(F)(F)CC1)c1cn(CCO)c2cccc(C(F)(F)F)c12. The molecule has 1 amide bonds. The molecular formula is C19H21F5N2O2. The highest BCUT2D eigenvalue weighted by molar-refractivity contribution is 6.08. The van der Waals surface area contributed by atoms with Crippen LogP contribution in [-0.4, -0.2) is 34.7 Å². The lowest BCUT2D eigenvalue weighted by molar-refractivity contribution is -0.136. The van der Waals surface area contributed by atoms with Crippen molar-refractivity contribution in [1.82, 2.24) is 9.88 Å². The predicted molar refractivity (Wildman–Crippen MR) is 93.3 cm³/mol. The van der Waals surface area contributed by atoms with Crippen LogP contribution in [0.2, 0.25) is 0 Å². The van der Waals surface area contributed by atoms with E-state index in [0.29, 0.717) is 0 Å². The summed E-state index contributed by atoms with van der Waals surface area (Å²) in [6, 6.07) is 3.62. The molecule has 0 unspecified atom stereocenters. The molecule has 0 atom stereocenters. The van der Waals surface area contributed by atoms with Gasteiger partial charge >= 0.3 is 6.18 Å². The number of hydrogen-bond donors (Lipinski definition) is 2. The fraction of sp³-hybridized carbons (Fsp3) is 0.526. The van der Waals surface area contributed by atoms with Crippen molar-refractivity contribution in [2.24, 2.45) is 5.92 Å². The van der Waals surface area contributed by atoms with Crippen LogP contribution >= 0.6 is 0 Å². The minimum atomic E-state index is -4.64. The fourth-order valence-electron chi connectivity index (χ4n) is 3.69. The zero-order valence-electron chi connectivity index (χ0n) is 15.0. The van der Waals surface area contributed by atoms with Crippen LogP contribution in [0.15, 0.2) is 24.4 Å². The van der Waals surface area contributed by atoms with Gasteiger partial charge < -0.3 is 15.0 Å². The number of amides is 1. The Bertz CT molecular complexity index is 850. The number of aromatic nitrogens is 1. The molecule has 1 aromatic carbocycles. The number of carbonyl (C=O) groups is 1. The summed E-state index contributed by atoms with van der Waals surface area (Å²) in [5, 5.41) is 11.5. The quantitative estimate of drug-likeness (QED) is 0.734. The van der Waals surface area contributed by atoms with Crippen LogP contribution in [0.3, 0.4) is 0 Å². The maximum Gasteiger partial charge on any atom is 0.417 e. The van der Waals surface area contributed by atoms with E-state index in [9.17, 15) is 26.7 Å². The van der Waals surface area contributed by atoms with Gasteiger partial charge in [0.15, 0.2) is 0 Å². The van der Waals surface area contributed by atoms with Gasteiger partial charge in [-0.25, -0.2) is 8.78 Å². The highest BCUT2D eigenvalue weighted by Crippen LogP contribution is 2.38. The van der Waals surface area contributed by atoms with Crippen LogP contribution in [0.25, 0.3) is 10.9 Å². The first-order valence-corrected chi connectivity index (χ1v) is 9.08. The van der Waals surface area contributed by atoms with E-state index in [0.717, 1.165) is 6.07 Å². The molecule has 154 valence electrons. The maximum atomic E-state index is 13.4. The third kappa shape index (κ3) is 4.29. The number of rotatable bonds is 5. The number of nitrogens with zero attached hydrogens (tertiary/aromatic N) is 1. The molecule has 2 aromatic rings. The number of halogens is 5. The van der Waals surface area contributed by atoms with Gasteiger partial charge in [0.25, 0.3) is 5.91 Å². The van der Waals surface area contributed by atoms with Crippen molar-refractivity contribution in [2.45, 2.75) is 44.3 Å². The van der Waals surface area contributed by atoms with E-state index < -0.39 is 23.6 Å². The number of alkyl halides is 5. The maximum absolute atomic E-state index is 13.4. The fourth-order valence-corrected chi connectivity index (χ4v) is 3.69. The number of aliphatic hydroxyl groups is 1. The van der Waals surface area contributed by atoms with Crippen LogP contribution < -0.4 is 5.32 Å². The zero-order valence-corrected chi connectivity index (χ0v) is 15.0. The molecule has 3 rings (SSSR count). The third-order valence-electron chi connectivity index (χ3n) is 5.19. The summed E-state index contributed by atoms with van der Waals surface area (Å²) in [5.41, 5.74) is -0.868. The largest absolute Gasteiger partial charge is 0.417 e. The average molecular weight is 404 g/mol. The Labute approximate surface area is 158 Å². The van der Waals surface area contributed by atoms with Gasteiger partial charge in [-0.2, -0.15) is 13.2 Å². The lowest BCUT2D eigenvalue weighted by Gasteiger charge is -2.28. The molecule has 2 N–H and O–H groups in total. The Balaban J connectivity index is 1.86. The van der Waals surface area contributed by atoms with Crippen LogP contribution in [0.5, 0.6) is 0 Å². The molecule has 0 aliphatic heterocycles. The van der Waals surface area contributed by atoms with Crippen LogP contribution in [0.4, 0.5) is 22.0 Å². The van der Waals surface area contributed by atoms with Gasteiger partial charge in [0.2, 0.25) is 5.92 Å². The number of benzene rings is 1. The zero-order chi connectivity index (χ0) is 20.5. The van der Waals surface area contributed by atoms with Crippen molar-refractivity contribution in [2.75, 3.05) is 13.2 Å². The number of carbonyl (C=O) groups excluding carboxylic acids is 1. The molecule has 1 aromatic heterocycles. The molecule has 1 fully saturated rings. The molecule has 0 saturated heterocycles. The highest BCUT2D eigenvalue weighted by atomic mass is 19.4. The molecule has 0 spiro atoms. The van der Waals surface area contributed by atoms with E-state index in [1.807, 2.05) is 0 Å². The van der Waals surface area contributed by atoms with E-state index in [1.54, 1.807) is 0 Å². The summed E-state index contributed by atoms with van der Waals surface area (Å²) >= 11 is 0. The first-order chi connectivity index (χ1) is 13.1. The first kappa shape index (κ1) is 20.6. The summed E-state index contributed by atoms with van der Waals surface area (Å²) in [5.74, 6) is -3.49. The van der Waals surface area contributed by atoms with E-state index in [1.165, 1.54) is 22.9 Å². The Morgan fingerprint density at radius 3 is 2.54 bits per heavy atom. The molecule has 1 aliphatic carbocycles. The number of nitrogens with one attached hydrogen (secondary N) is 1. The second-order valence-electron chi connectivity index (χ2n) is 7.17. The Hall–Kier alpha value is -2.16. The molecule has 9 heteroatoms. The van der Waals surface area contributed by atoms with Crippen LogP contribution in [-0.2, 0) is 12.7 Å². The van der Waals surface area contributed by atoms with Gasteiger partial charge in [0.1, 0.15) is 0 Å². The van der Waals surface area contributed by atoms with E-state index in [4.69, 9.17) is 5.11 Å². The Morgan fingerprint density at radius 2 is 1.93 bits per heavy atom. The molecule has 28 heavy (non-hydrogen) atoms. The minimum absolute atomic E-state index is 0.0444. The van der Waals surface area contributed by atoms with Gasteiger partial charge in [-0.15, -0.1) is 0 Å². The normalized spacial score (nSPS) is 17.8. The molecule has 1 aliphatic rings. The van der Waals surface area contributed by atoms with Gasteiger partial charge in [0, 0.05) is 43.0 Å². The van der Waals surface area contributed by atoms with Gasteiger partial charge in [-0.3, -0.25) is 4.79 Å². The Kier molecular flexibility index (Phi) is 5.65. The van der Waals surface area contributed by atoms with E-state index in [2.05, 4.69) is 5.32 Å². The lowest BCUT2D eigenvalue weighted by Crippen LogP contribution is -2.33. The molecule has 0 bridgehead atoms. The van der Waals surface area contributed by atoms with Gasteiger partial charge in [0.05, 0.1) is 17.7 Å². The van der Waals surface area contributed by atoms with Crippen LogP contribution in [0, 0.1) is 5.92 Å². The van der Waals surface area contributed by atoms with Crippen molar-refractivity contribution >= 4 is 16.8 Å². The topological polar surface area (TPSA) is 54.3 Å². The summed E-state index contributed by atoms with van der Waals surface area (Å²) in [6.45, 7) is -0.115. The lowest BCUT2D eigenvalue weighted by atomic mass is 9.87. The molecule has 0 radical (unpaired) electrons. The molecular weight excluding hydrogens is 383 g/mol. The van der Waals surface area contributed by atoms with Gasteiger partial charge in [-0.05, 0) is 30.9 Å². The van der Waals surface area contributed by atoms with Crippen molar-refractivity contribution in [1.29, 1.82) is 0 Å². The minimum Gasteiger partial charge on any atom is -0.395 e. The van der Waals surface area contributed by atoms with Crippen molar-refractivity contribution in [3.63, 3.8) is 0 Å². The summed E-state index contributed by atoms with van der Waals surface area (Å²) < 4.78 is 68.2. The van der Waals surface area contributed by atoms with E-state index in [-0.39, 0.29) is 67.8 Å². The molecule has 1 saturated carbocycles. The predicted octanol–water partition coefficient (Wildman–Crippen LogP) is 4.21. The number of hydrogen-bond acceptors (Lipinski definition) is 2. The summed E-state index contributed by atoms with van der Waals surface area (Å²) in [6.07, 6.45) is -3.33. The van der Waals surface area contributed by atoms with Crippen molar-refractivity contribution < 1.29 is 31.9 Å². The monoisotopic (exact) mass is 404 g/mol. The average Bonchev–Trinajstić information content (AvgIpc) is 2.99. The third-order valence-corrected chi connectivity index (χ3v) is 5.19. The van der Waals surface area contributed by atoms with Crippen molar-refractivity contribution in [3.8, 4) is 0 Å². The molecule has 1 heterocycles. The Morgan fingerprint density at radius 1 is 1.25 bits per heavy atom. The highest BCUT2D eigenvalue weighted by Gasteiger charge is 2.36. The standard InChI is InChI=1S/C19H21F5N2O2/c20-18(21)6-4-12(5-7-18)10-25-17(28)13-11-26(8-9-27)15-3-1-2-14(16(13)15)19(22,23)24/h1-3,11-12,27H,4-10H2,(H,25,28). The summed E-state index contributed by atoms with van der Waals surface area (Å²) in [4.78, 5) is 12.6. The smallest absolute Gasteiger partial charge is 0.395 e. The molecule has 4 nitrogen and oxygen atoms in total. The number of aliphatic hydroxyl groups excluding tert-OH is 1. The van der Waals surface area contributed by atoms with Crippen molar-refractivity contribution in [3.05, 3.63) is 35.5 Å². The van der Waals surface area contributed by atoms with Gasteiger partial charge in [-0.1, -0.05) is 6.07 Å². The van der Waals surface area contributed by atoms with E-state index >= 15 is 0 Å². The number of fused-ring (bicyclic) bond motifs is 1. The summed E-state index contributed by atoms with van der Waals surface area (Å²) in [7, 11) is 0. The van der Waals surface area contributed by atoms with Crippen LogP contribution in [0.1, 0.15) is 41.6 Å². The first-order valence-electron chi connectivity index (χ1n) is 9.08. The second-order valence-corrected chi connectivity index (χ2v) is 7.17. The second kappa shape index (κ2) is 7.69.